The SMILES string of the molecule is CCCC(C)(N)c1nc(-c2ccc3nccnc3c2)no1. The third kappa shape index (κ3) is 2.62. The van der Waals surface area contributed by atoms with Crippen LogP contribution in [0.2, 0.25) is 0 Å². The van der Waals surface area contributed by atoms with Crippen molar-refractivity contribution in [3.63, 3.8) is 0 Å². The summed E-state index contributed by atoms with van der Waals surface area (Å²) in [4.78, 5) is 12.9. The van der Waals surface area contributed by atoms with E-state index in [1.807, 2.05) is 25.1 Å². The molecule has 1 atom stereocenters. The van der Waals surface area contributed by atoms with Gasteiger partial charge in [0.15, 0.2) is 0 Å². The summed E-state index contributed by atoms with van der Waals surface area (Å²) < 4.78 is 5.33. The first-order valence-corrected chi connectivity index (χ1v) is 6.94. The topological polar surface area (TPSA) is 90.7 Å². The van der Waals surface area contributed by atoms with Crippen molar-refractivity contribution in [2.75, 3.05) is 0 Å². The van der Waals surface area contributed by atoms with Gasteiger partial charge in [0.25, 0.3) is 0 Å². The molecule has 3 aromatic rings. The van der Waals surface area contributed by atoms with Crippen LogP contribution < -0.4 is 5.73 Å². The molecular formula is C15H17N5O. The molecule has 0 saturated heterocycles. The average Bonchev–Trinajstić information content (AvgIpc) is 2.97. The van der Waals surface area contributed by atoms with Crippen molar-refractivity contribution in [1.82, 2.24) is 20.1 Å². The van der Waals surface area contributed by atoms with E-state index in [9.17, 15) is 0 Å². The van der Waals surface area contributed by atoms with Crippen LogP contribution in [0.15, 0.2) is 35.1 Å². The molecule has 2 N–H and O–H groups in total. The molecule has 2 aromatic heterocycles. The quantitative estimate of drug-likeness (QED) is 0.791. The van der Waals surface area contributed by atoms with Gasteiger partial charge in [-0.25, -0.2) is 0 Å². The highest BCUT2D eigenvalue weighted by atomic mass is 16.5. The number of fused-ring (bicyclic) bond motifs is 1. The number of nitrogens with two attached hydrogens (primary N) is 1. The fourth-order valence-corrected chi connectivity index (χ4v) is 2.30. The third-order valence-corrected chi connectivity index (χ3v) is 3.41. The highest BCUT2D eigenvalue weighted by molar-refractivity contribution is 5.79. The zero-order chi connectivity index (χ0) is 14.9. The maximum Gasteiger partial charge on any atom is 0.246 e. The largest absolute Gasteiger partial charge is 0.337 e. The molecule has 21 heavy (non-hydrogen) atoms. The van der Waals surface area contributed by atoms with Crippen molar-refractivity contribution in [2.45, 2.75) is 32.2 Å². The highest BCUT2D eigenvalue weighted by Gasteiger charge is 2.27. The first-order valence-electron chi connectivity index (χ1n) is 6.94. The Balaban J connectivity index is 1.98. The van der Waals surface area contributed by atoms with Gasteiger partial charge in [0, 0.05) is 18.0 Å². The Morgan fingerprint density at radius 2 is 1.95 bits per heavy atom. The second kappa shape index (κ2) is 5.21. The third-order valence-electron chi connectivity index (χ3n) is 3.41. The molecule has 0 fully saturated rings. The molecule has 0 amide bonds. The smallest absolute Gasteiger partial charge is 0.246 e. The van der Waals surface area contributed by atoms with Gasteiger partial charge in [-0.2, -0.15) is 4.98 Å². The van der Waals surface area contributed by atoms with Gasteiger partial charge in [-0.3, -0.25) is 9.97 Å². The van der Waals surface area contributed by atoms with Gasteiger partial charge >= 0.3 is 0 Å². The van der Waals surface area contributed by atoms with E-state index in [4.69, 9.17) is 10.3 Å². The average molecular weight is 283 g/mol. The van der Waals surface area contributed by atoms with Gasteiger partial charge in [0.1, 0.15) is 0 Å². The Morgan fingerprint density at radius 3 is 2.71 bits per heavy atom. The van der Waals surface area contributed by atoms with E-state index >= 15 is 0 Å². The number of rotatable bonds is 4. The van der Waals surface area contributed by atoms with Gasteiger partial charge in [0.2, 0.25) is 11.7 Å². The molecule has 2 heterocycles. The van der Waals surface area contributed by atoms with Gasteiger partial charge in [-0.05, 0) is 31.5 Å². The lowest BCUT2D eigenvalue weighted by molar-refractivity contribution is 0.284. The summed E-state index contributed by atoms with van der Waals surface area (Å²) in [7, 11) is 0. The van der Waals surface area contributed by atoms with Crippen molar-refractivity contribution in [3.8, 4) is 11.4 Å². The molecule has 0 aliphatic heterocycles. The zero-order valence-corrected chi connectivity index (χ0v) is 12.1. The molecule has 6 nitrogen and oxygen atoms in total. The van der Waals surface area contributed by atoms with Crippen LogP contribution >= 0.6 is 0 Å². The molecule has 0 spiro atoms. The van der Waals surface area contributed by atoms with E-state index in [-0.39, 0.29) is 0 Å². The van der Waals surface area contributed by atoms with Gasteiger partial charge < -0.3 is 10.3 Å². The minimum atomic E-state index is -0.601. The predicted molar refractivity (Wildman–Crippen MR) is 79.3 cm³/mol. The van der Waals surface area contributed by atoms with E-state index < -0.39 is 5.54 Å². The lowest BCUT2D eigenvalue weighted by Crippen LogP contribution is -2.33. The van der Waals surface area contributed by atoms with Gasteiger partial charge in [0.05, 0.1) is 16.6 Å². The van der Waals surface area contributed by atoms with Crippen molar-refractivity contribution in [1.29, 1.82) is 0 Å². The Hall–Kier alpha value is -2.34. The van der Waals surface area contributed by atoms with E-state index in [1.54, 1.807) is 12.4 Å². The molecule has 108 valence electrons. The Labute approximate surface area is 122 Å². The van der Waals surface area contributed by atoms with Crippen LogP contribution in [-0.4, -0.2) is 20.1 Å². The van der Waals surface area contributed by atoms with E-state index in [2.05, 4.69) is 27.0 Å². The minimum Gasteiger partial charge on any atom is -0.337 e. The van der Waals surface area contributed by atoms with Crippen LogP contribution in [0.5, 0.6) is 0 Å². The standard InChI is InChI=1S/C15H17N5O/c1-3-6-15(2,16)14-19-13(20-21-14)10-4-5-11-12(9-10)18-8-7-17-11/h4-5,7-9H,3,6,16H2,1-2H3. The second-order valence-corrected chi connectivity index (χ2v) is 5.35. The summed E-state index contributed by atoms with van der Waals surface area (Å²) in [6.45, 7) is 3.98. The number of nitrogens with zero attached hydrogens (tertiary/aromatic N) is 4. The van der Waals surface area contributed by atoms with E-state index in [0.717, 1.165) is 29.4 Å². The van der Waals surface area contributed by atoms with E-state index in [1.165, 1.54) is 0 Å². The predicted octanol–water partition coefficient (Wildman–Crippen LogP) is 2.65. The van der Waals surface area contributed by atoms with Gasteiger partial charge in [-0.15, -0.1) is 0 Å². The van der Waals surface area contributed by atoms with Crippen molar-refractivity contribution in [2.24, 2.45) is 5.73 Å². The molecule has 1 aromatic carbocycles. The zero-order valence-electron chi connectivity index (χ0n) is 12.1. The van der Waals surface area contributed by atoms with E-state index in [0.29, 0.717) is 11.7 Å². The number of benzene rings is 1. The number of aromatic nitrogens is 4. The van der Waals surface area contributed by atoms with Crippen LogP contribution in [0.4, 0.5) is 0 Å². The van der Waals surface area contributed by atoms with Crippen molar-refractivity contribution >= 4 is 11.0 Å². The van der Waals surface area contributed by atoms with Crippen LogP contribution in [0.1, 0.15) is 32.6 Å². The van der Waals surface area contributed by atoms with Crippen molar-refractivity contribution < 1.29 is 4.52 Å². The molecule has 1 unspecified atom stereocenters. The van der Waals surface area contributed by atoms with Crippen molar-refractivity contribution in [3.05, 3.63) is 36.5 Å². The van der Waals surface area contributed by atoms with Gasteiger partial charge in [-0.1, -0.05) is 18.5 Å². The normalized spacial score (nSPS) is 14.2. The molecule has 0 aliphatic rings. The Kier molecular flexibility index (Phi) is 3.39. The lowest BCUT2D eigenvalue weighted by atomic mass is 9.98. The van der Waals surface area contributed by atoms with Crippen LogP contribution in [0.3, 0.4) is 0 Å². The molecule has 0 saturated carbocycles. The number of hydrogen-bond acceptors (Lipinski definition) is 6. The lowest BCUT2D eigenvalue weighted by Gasteiger charge is -2.18. The summed E-state index contributed by atoms with van der Waals surface area (Å²) in [6, 6.07) is 5.69. The summed E-state index contributed by atoms with van der Waals surface area (Å²) in [5.41, 5.74) is 8.08. The monoisotopic (exact) mass is 283 g/mol. The fourth-order valence-electron chi connectivity index (χ4n) is 2.30. The highest BCUT2D eigenvalue weighted by Crippen LogP contribution is 2.25. The molecular weight excluding hydrogens is 266 g/mol. The molecule has 0 radical (unpaired) electrons. The first-order chi connectivity index (χ1) is 10.1. The Morgan fingerprint density at radius 1 is 1.19 bits per heavy atom. The first kappa shape index (κ1) is 13.6. The fraction of sp³-hybridized carbons (Fsp3) is 0.333. The summed E-state index contributed by atoms with van der Waals surface area (Å²) in [5, 5.41) is 4.03. The molecule has 6 heteroatoms. The summed E-state index contributed by atoms with van der Waals surface area (Å²) >= 11 is 0. The Bertz CT molecular complexity index is 765. The maximum atomic E-state index is 6.21. The van der Waals surface area contributed by atoms with Crippen LogP contribution in [0, 0.1) is 0 Å². The second-order valence-electron chi connectivity index (χ2n) is 5.35. The van der Waals surface area contributed by atoms with Crippen LogP contribution in [0.25, 0.3) is 22.4 Å². The summed E-state index contributed by atoms with van der Waals surface area (Å²) in [5.74, 6) is 0.976. The molecule has 0 bridgehead atoms. The molecule has 0 aliphatic carbocycles. The maximum absolute atomic E-state index is 6.21. The molecule has 3 rings (SSSR count). The van der Waals surface area contributed by atoms with Crippen LogP contribution in [-0.2, 0) is 5.54 Å². The number of hydrogen-bond donors (Lipinski definition) is 1. The minimum absolute atomic E-state index is 0.457. The summed E-state index contributed by atoms with van der Waals surface area (Å²) in [6.07, 6.45) is 5.07.